The van der Waals surface area contributed by atoms with Crippen LogP contribution in [0, 0.1) is 0 Å². The van der Waals surface area contributed by atoms with Crippen molar-refractivity contribution in [3.8, 4) is 0 Å². The lowest BCUT2D eigenvalue weighted by molar-refractivity contribution is -0.158. The Morgan fingerprint density at radius 2 is 1.76 bits per heavy atom. The Balaban J connectivity index is 1.43. The highest BCUT2D eigenvalue weighted by molar-refractivity contribution is 7.89. The molecule has 1 fully saturated rings. The summed E-state index contributed by atoms with van der Waals surface area (Å²) in [6.45, 7) is 3.01. The zero-order valence-corrected chi connectivity index (χ0v) is 23.0. The molecule has 2 aromatic carbocycles. The molecule has 1 amide bonds. The molecule has 6 nitrogen and oxygen atoms in total. The highest BCUT2D eigenvalue weighted by atomic mass is 35.5. The number of alkyl halides is 3. The van der Waals surface area contributed by atoms with Gasteiger partial charge in [0.1, 0.15) is 6.04 Å². The van der Waals surface area contributed by atoms with Crippen LogP contribution in [-0.2, 0) is 27.8 Å². The first-order valence-electron chi connectivity index (χ1n) is 12.6. The molecule has 0 spiro atoms. The zero-order valence-electron chi connectivity index (χ0n) is 20.7. The van der Waals surface area contributed by atoms with Crippen molar-refractivity contribution in [3.63, 3.8) is 0 Å². The van der Waals surface area contributed by atoms with Crippen LogP contribution in [0.15, 0.2) is 41.3 Å². The van der Waals surface area contributed by atoms with Gasteiger partial charge < -0.3 is 5.32 Å². The number of sulfonamides is 1. The number of amides is 1. The predicted molar refractivity (Wildman–Crippen MR) is 141 cm³/mol. The number of hydrogen-bond acceptors (Lipinski definition) is 4. The minimum absolute atomic E-state index is 0.0590. The summed E-state index contributed by atoms with van der Waals surface area (Å²) in [5, 5.41) is 2.64. The van der Waals surface area contributed by atoms with Crippen LogP contribution in [0.5, 0.6) is 0 Å². The minimum Gasteiger partial charge on any atom is -0.349 e. The Morgan fingerprint density at radius 1 is 1.03 bits per heavy atom. The van der Waals surface area contributed by atoms with Crippen molar-refractivity contribution < 1.29 is 26.4 Å². The second-order valence-electron chi connectivity index (χ2n) is 9.88. The third-order valence-corrected chi connectivity index (χ3v) is 9.20. The molecule has 4 rings (SSSR count). The van der Waals surface area contributed by atoms with Crippen LogP contribution in [0.25, 0.3) is 0 Å². The van der Waals surface area contributed by atoms with Crippen molar-refractivity contribution >= 4 is 39.1 Å². The van der Waals surface area contributed by atoms with E-state index in [9.17, 15) is 26.4 Å². The van der Waals surface area contributed by atoms with Crippen LogP contribution < -0.4 is 10.0 Å². The van der Waals surface area contributed by atoms with Gasteiger partial charge in [0.15, 0.2) is 0 Å². The van der Waals surface area contributed by atoms with Crippen LogP contribution >= 0.6 is 23.2 Å². The quantitative estimate of drug-likeness (QED) is 0.408. The number of nitrogens with one attached hydrogen (secondary N) is 2. The number of halogens is 5. The fraction of sp³-hybridized carbons (Fsp3) is 0.500. The van der Waals surface area contributed by atoms with Crippen molar-refractivity contribution in [1.82, 2.24) is 14.9 Å². The van der Waals surface area contributed by atoms with Gasteiger partial charge in [0.05, 0.1) is 27.4 Å². The van der Waals surface area contributed by atoms with Crippen LogP contribution in [0.4, 0.5) is 13.2 Å². The van der Waals surface area contributed by atoms with E-state index >= 15 is 0 Å². The number of benzene rings is 2. The maximum atomic E-state index is 13.8. The summed E-state index contributed by atoms with van der Waals surface area (Å²) >= 11 is 11.6. The second-order valence-corrected chi connectivity index (χ2v) is 12.4. The lowest BCUT2D eigenvalue weighted by Gasteiger charge is -2.30. The molecule has 1 saturated heterocycles. The number of carbonyl (C=O) groups is 1. The molecule has 2 atom stereocenters. The van der Waals surface area contributed by atoms with Gasteiger partial charge in [-0.05, 0) is 80.1 Å². The number of rotatable bonds is 8. The zero-order chi connectivity index (χ0) is 27.5. The molecule has 1 heterocycles. The van der Waals surface area contributed by atoms with E-state index in [0.717, 1.165) is 55.7 Å². The smallest absolute Gasteiger partial charge is 0.349 e. The summed E-state index contributed by atoms with van der Waals surface area (Å²) in [6, 6.07) is 6.22. The van der Waals surface area contributed by atoms with Gasteiger partial charge in [0, 0.05) is 6.54 Å². The Morgan fingerprint density at radius 3 is 2.45 bits per heavy atom. The monoisotopic (exact) mass is 591 g/mol. The summed E-state index contributed by atoms with van der Waals surface area (Å²) in [6.07, 6.45) is -0.216. The Hall–Kier alpha value is -1.85. The van der Waals surface area contributed by atoms with Crippen LogP contribution in [0.2, 0.25) is 10.0 Å². The lowest BCUT2D eigenvalue weighted by Crippen LogP contribution is -2.48. The van der Waals surface area contributed by atoms with Crippen molar-refractivity contribution in [2.24, 2.45) is 0 Å². The highest BCUT2D eigenvalue weighted by Gasteiger charge is 2.44. The van der Waals surface area contributed by atoms with Gasteiger partial charge in [-0.3, -0.25) is 9.69 Å². The average molecular weight is 593 g/mol. The fourth-order valence-electron chi connectivity index (χ4n) is 5.05. The Labute approximate surface area is 230 Å². The first-order valence-corrected chi connectivity index (χ1v) is 14.8. The van der Waals surface area contributed by atoms with E-state index in [-0.39, 0.29) is 10.0 Å². The molecular formula is C26H30Cl2F3N3O3S. The molecule has 0 saturated carbocycles. The molecule has 12 heteroatoms. The van der Waals surface area contributed by atoms with Crippen molar-refractivity contribution in [2.75, 3.05) is 13.1 Å². The topological polar surface area (TPSA) is 78.5 Å². The summed E-state index contributed by atoms with van der Waals surface area (Å²) < 4.78 is 68.1. The number of hydrogen-bond donors (Lipinski definition) is 2. The second kappa shape index (κ2) is 12.1. The summed E-state index contributed by atoms with van der Waals surface area (Å²) in [5.41, 5.74) is 3.17. The van der Waals surface area contributed by atoms with E-state index in [1.54, 1.807) is 4.72 Å². The molecule has 38 heavy (non-hydrogen) atoms. The molecule has 0 bridgehead atoms. The van der Waals surface area contributed by atoms with E-state index < -0.39 is 45.5 Å². The summed E-state index contributed by atoms with van der Waals surface area (Å²) in [4.78, 5) is 14.7. The van der Waals surface area contributed by atoms with Crippen LogP contribution in [-0.4, -0.2) is 44.5 Å². The number of nitrogens with zero attached hydrogens (tertiary/aromatic N) is 1. The van der Waals surface area contributed by atoms with E-state index in [4.69, 9.17) is 23.2 Å². The highest BCUT2D eigenvalue weighted by Crippen LogP contribution is 2.32. The first kappa shape index (κ1) is 29.1. The normalized spacial score (nSPS) is 19.6. The molecule has 0 radical (unpaired) electrons. The van der Waals surface area contributed by atoms with Gasteiger partial charge in [-0.2, -0.15) is 17.9 Å². The molecule has 0 unspecified atom stereocenters. The van der Waals surface area contributed by atoms with E-state index in [0.29, 0.717) is 6.42 Å². The molecule has 2 N–H and O–H groups in total. The fourth-order valence-corrected chi connectivity index (χ4v) is 6.66. The molecule has 2 aromatic rings. The molecule has 2 aliphatic rings. The largest absolute Gasteiger partial charge is 0.405 e. The Bertz CT molecular complexity index is 1270. The molecular weight excluding hydrogens is 562 g/mol. The van der Waals surface area contributed by atoms with Crippen LogP contribution in [0.1, 0.15) is 61.3 Å². The number of piperidine rings is 1. The molecule has 1 aliphatic carbocycles. The predicted octanol–water partition coefficient (Wildman–Crippen LogP) is 5.77. The van der Waals surface area contributed by atoms with Gasteiger partial charge in [-0.25, -0.2) is 8.42 Å². The van der Waals surface area contributed by atoms with Gasteiger partial charge in [0.25, 0.3) is 0 Å². The third-order valence-electron chi connectivity index (χ3n) is 7.00. The van der Waals surface area contributed by atoms with Crippen molar-refractivity contribution in [2.45, 2.75) is 74.6 Å². The van der Waals surface area contributed by atoms with Gasteiger partial charge >= 0.3 is 6.18 Å². The molecule has 0 aromatic heterocycles. The maximum absolute atomic E-state index is 13.8. The van der Waals surface area contributed by atoms with E-state index in [2.05, 4.69) is 16.3 Å². The molecule has 208 valence electrons. The summed E-state index contributed by atoms with van der Waals surface area (Å²) in [5.74, 6) is -0.889. The molecule has 1 aliphatic heterocycles. The maximum Gasteiger partial charge on any atom is 0.405 e. The van der Waals surface area contributed by atoms with E-state index in [1.807, 2.05) is 12.1 Å². The van der Waals surface area contributed by atoms with Crippen molar-refractivity contribution in [1.29, 1.82) is 0 Å². The van der Waals surface area contributed by atoms with Gasteiger partial charge in [-0.15, -0.1) is 0 Å². The number of carbonyl (C=O) groups excluding carboxylic acids is 1. The lowest BCUT2D eigenvalue weighted by atomic mass is 9.86. The minimum atomic E-state index is -4.99. The number of likely N-dealkylation sites (tertiary alicyclic amines) is 1. The number of aryl methyl sites for hydroxylation is 1. The average Bonchev–Trinajstić information content (AvgIpc) is 2.85. The Kier molecular flexibility index (Phi) is 9.30. The number of fused-ring (bicyclic) bond motifs is 1. The van der Waals surface area contributed by atoms with Gasteiger partial charge in [0.2, 0.25) is 15.9 Å². The third kappa shape index (κ3) is 7.41. The summed E-state index contributed by atoms with van der Waals surface area (Å²) in [7, 11) is -4.62. The van der Waals surface area contributed by atoms with E-state index in [1.165, 1.54) is 30.9 Å². The SMILES string of the molecule is O=C(C[C@@H](NS(=O)(=O)c1ccc(Cl)c(Cl)c1)C(F)(F)F)N[C@@H]1CCCc2cc(CN3CCCCC3)ccc21. The van der Waals surface area contributed by atoms with Crippen molar-refractivity contribution in [3.05, 3.63) is 63.1 Å². The first-order chi connectivity index (χ1) is 17.9. The van der Waals surface area contributed by atoms with Gasteiger partial charge in [-0.1, -0.05) is 47.8 Å². The standard InChI is InChI=1S/C26H30Cl2F3N3O3S/c27-21-10-8-19(14-22(21)28)38(36,37)33-24(26(29,30)31)15-25(35)32-23-6-4-5-18-13-17(7-9-20(18)23)16-34-11-2-1-3-12-34/h7-10,13-14,23-24,33H,1-6,11-12,15-16H2,(H,32,35)/t23-,24-/m1/s1. The van der Waals surface area contributed by atoms with Crippen LogP contribution in [0.3, 0.4) is 0 Å².